The zero-order chi connectivity index (χ0) is 16.8. The van der Waals surface area contributed by atoms with Crippen LogP contribution in [0, 0.1) is 0 Å². The van der Waals surface area contributed by atoms with Crippen molar-refractivity contribution in [3.63, 3.8) is 0 Å². The second kappa shape index (κ2) is 10.1. The molecule has 1 aromatic carbocycles. The highest BCUT2D eigenvalue weighted by atomic mass is 35.5. The van der Waals surface area contributed by atoms with Crippen molar-refractivity contribution < 1.29 is 9.59 Å². The summed E-state index contributed by atoms with van der Waals surface area (Å²) in [5.41, 5.74) is 6.55. The van der Waals surface area contributed by atoms with Crippen molar-refractivity contribution in [2.75, 3.05) is 23.5 Å². The molecule has 5 nitrogen and oxygen atoms in total. The first kappa shape index (κ1) is 21.1. The first-order valence-corrected chi connectivity index (χ1v) is 9.42. The van der Waals surface area contributed by atoms with Crippen LogP contribution in [0.1, 0.15) is 19.3 Å². The number of piperidine rings is 1. The number of nitrogens with two attached hydrogens (primary N) is 1. The van der Waals surface area contributed by atoms with Gasteiger partial charge in [-0.3, -0.25) is 9.59 Å². The molecule has 0 spiro atoms. The Morgan fingerprint density at radius 1 is 1.50 bits per heavy atom. The second-order valence-electron chi connectivity index (χ2n) is 5.53. The third kappa shape index (κ3) is 5.28. The molecule has 2 rings (SSSR count). The zero-order valence-electron chi connectivity index (χ0n) is 13.5. The minimum absolute atomic E-state index is 0. The summed E-state index contributed by atoms with van der Waals surface area (Å²) >= 11 is 7.82. The van der Waals surface area contributed by atoms with E-state index in [0.29, 0.717) is 30.1 Å². The normalized spacial score (nSPS) is 18.7. The Hall–Kier alpha value is -0.950. The molecule has 134 valence electrons. The smallest absolute Gasteiger partial charge is 0.249 e. The number of hydrogen-bond donors (Lipinski definition) is 2. The van der Waals surface area contributed by atoms with Crippen molar-refractivity contribution in [1.82, 2.24) is 5.32 Å². The average Bonchev–Trinajstić information content (AvgIpc) is 2.55. The standard InChI is InChI=1S/C16H22ClN3O2S.ClH/c1-23-10-8-12(18)15(21)19-13-6-4-9-20(16(13)22)14-7-3-2-5-11(14)17;/h2-3,5,7,12-13H,4,6,8-10,18H2,1H3,(H,19,21);1H/t12-,13?;/m0./s1. The number of anilines is 1. The molecule has 2 atom stereocenters. The third-order valence-electron chi connectivity index (χ3n) is 3.87. The van der Waals surface area contributed by atoms with Gasteiger partial charge in [0.15, 0.2) is 0 Å². The SMILES string of the molecule is CSCC[C@H](N)C(=O)NC1CCCN(c2ccccc2Cl)C1=O.Cl. The molecule has 0 aliphatic carbocycles. The number of rotatable bonds is 6. The Kier molecular flexibility index (Phi) is 8.91. The van der Waals surface area contributed by atoms with Gasteiger partial charge in [0.1, 0.15) is 6.04 Å². The third-order valence-corrected chi connectivity index (χ3v) is 4.83. The lowest BCUT2D eigenvalue weighted by molar-refractivity contribution is -0.129. The number of hydrogen-bond acceptors (Lipinski definition) is 4. The molecule has 1 fully saturated rings. The number of carbonyl (C=O) groups is 2. The van der Waals surface area contributed by atoms with Gasteiger partial charge in [-0.1, -0.05) is 23.7 Å². The lowest BCUT2D eigenvalue weighted by Gasteiger charge is -2.33. The molecule has 0 radical (unpaired) electrons. The van der Waals surface area contributed by atoms with Crippen LogP contribution in [-0.2, 0) is 9.59 Å². The summed E-state index contributed by atoms with van der Waals surface area (Å²) in [5.74, 6) is 0.423. The first-order chi connectivity index (χ1) is 11.0. The van der Waals surface area contributed by atoms with E-state index in [4.69, 9.17) is 17.3 Å². The van der Waals surface area contributed by atoms with E-state index in [2.05, 4.69) is 5.32 Å². The van der Waals surface area contributed by atoms with Crippen LogP contribution in [-0.4, -0.2) is 42.5 Å². The van der Waals surface area contributed by atoms with Gasteiger partial charge in [0.25, 0.3) is 0 Å². The number of nitrogens with one attached hydrogen (secondary N) is 1. The lowest BCUT2D eigenvalue weighted by atomic mass is 10.0. The fraction of sp³-hybridized carbons (Fsp3) is 0.500. The van der Waals surface area contributed by atoms with Gasteiger partial charge in [0.05, 0.1) is 16.8 Å². The van der Waals surface area contributed by atoms with Gasteiger partial charge in [-0.05, 0) is 43.4 Å². The van der Waals surface area contributed by atoms with Gasteiger partial charge in [0.2, 0.25) is 11.8 Å². The van der Waals surface area contributed by atoms with Crippen LogP contribution in [0.2, 0.25) is 5.02 Å². The Bertz CT molecular complexity index is 574. The van der Waals surface area contributed by atoms with Crippen LogP contribution in [0.4, 0.5) is 5.69 Å². The van der Waals surface area contributed by atoms with Gasteiger partial charge >= 0.3 is 0 Å². The molecule has 1 saturated heterocycles. The average molecular weight is 392 g/mol. The van der Waals surface area contributed by atoms with Gasteiger partial charge in [-0.2, -0.15) is 11.8 Å². The molecule has 0 aromatic heterocycles. The van der Waals surface area contributed by atoms with Gasteiger partial charge in [-0.15, -0.1) is 12.4 Å². The predicted octanol–water partition coefficient (Wildman–Crippen LogP) is 2.45. The van der Waals surface area contributed by atoms with Crippen LogP contribution >= 0.6 is 35.8 Å². The van der Waals surface area contributed by atoms with Gasteiger partial charge < -0.3 is 16.0 Å². The number of carbonyl (C=O) groups excluding carboxylic acids is 2. The summed E-state index contributed by atoms with van der Waals surface area (Å²) in [6, 6.07) is 6.12. The fourth-order valence-corrected chi connectivity index (χ4v) is 3.30. The fourth-order valence-electron chi connectivity index (χ4n) is 2.57. The molecular weight excluding hydrogens is 369 g/mol. The van der Waals surface area contributed by atoms with Crippen LogP contribution in [0.25, 0.3) is 0 Å². The number of thioether (sulfide) groups is 1. The number of para-hydroxylation sites is 1. The Morgan fingerprint density at radius 2 is 2.21 bits per heavy atom. The van der Waals surface area contributed by atoms with E-state index in [1.807, 2.05) is 24.5 Å². The summed E-state index contributed by atoms with van der Waals surface area (Å²) in [6.45, 7) is 0.605. The maximum Gasteiger partial charge on any atom is 0.249 e. The maximum absolute atomic E-state index is 12.7. The van der Waals surface area contributed by atoms with Crippen molar-refractivity contribution in [3.05, 3.63) is 29.3 Å². The number of amides is 2. The van der Waals surface area contributed by atoms with Crippen LogP contribution in [0.3, 0.4) is 0 Å². The molecule has 8 heteroatoms. The molecule has 0 saturated carbocycles. The summed E-state index contributed by atoms with van der Waals surface area (Å²) in [6.07, 6.45) is 4.00. The molecule has 1 aromatic rings. The highest BCUT2D eigenvalue weighted by Crippen LogP contribution is 2.28. The predicted molar refractivity (Wildman–Crippen MR) is 103 cm³/mol. The molecular formula is C16H23Cl2N3O2S. The molecule has 1 aliphatic heterocycles. The lowest BCUT2D eigenvalue weighted by Crippen LogP contribution is -2.55. The number of benzene rings is 1. The van der Waals surface area contributed by atoms with Crippen molar-refractivity contribution in [2.45, 2.75) is 31.3 Å². The molecule has 24 heavy (non-hydrogen) atoms. The monoisotopic (exact) mass is 391 g/mol. The molecule has 1 aliphatic rings. The number of nitrogens with zero attached hydrogens (tertiary/aromatic N) is 1. The van der Waals surface area contributed by atoms with Crippen molar-refractivity contribution in [2.24, 2.45) is 5.73 Å². The molecule has 2 amide bonds. The highest BCUT2D eigenvalue weighted by molar-refractivity contribution is 7.98. The second-order valence-corrected chi connectivity index (χ2v) is 6.93. The van der Waals surface area contributed by atoms with Crippen LogP contribution in [0.15, 0.2) is 24.3 Å². The van der Waals surface area contributed by atoms with Gasteiger partial charge in [0, 0.05) is 6.54 Å². The largest absolute Gasteiger partial charge is 0.343 e. The Balaban J connectivity index is 0.00000288. The quantitative estimate of drug-likeness (QED) is 0.780. The van der Waals surface area contributed by atoms with Crippen molar-refractivity contribution in [3.8, 4) is 0 Å². The minimum atomic E-state index is -0.578. The first-order valence-electron chi connectivity index (χ1n) is 7.65. The summed E-state index contributed by atoms with van der Waals surface area (Å²) in [7, 11) is 0. The van der Waals surface area contributed by atoms with E-state index in [1.165, 1.54) is 0 Å². The van der Waals surface area contributed by atoms with Crippen LogP contribution in [0.5, 0.6) is 0 Å². The van der Waals surface area contributed by atoms with E-state index < -0.39 is 12.1 Å². The van der Waals surface area contributed by atoms with E-state index in [1.54, 1.807) is 22.7 Å². The molecule has 0 bridgehead atoms. The van der Waals surface area contributed by atoms with E-state index in [-0.39, 0.29) is 24.2 Å². The van der Waals surface area contributed by atoms with E-state index in [0.717, 1.165) is 12.2 Å². The molecule has 1 heterocycles. The topological polar surface area (TPSA) is 75.4 Å². The summed E-state index contributed by atoms with van der Waals surface area (Å²) in [5, 5.41) is 3.32. The van der Waals surface area contributed by atoms with Crippen molar-refractivity contribution in [1.29, 1.82) is 0 Å². The van der Waals surface area contributed by atoms with Gasteiger partial charge in [-0.25, -0.2) is 0 Å². The zero-order valence-corrected chi connectivity index (χ0v) is 15.9. The van der Waals surface area contributed by atoms with E-state index in [9.17, 15) is 9.59 Å². The summed E-state index contributed by atoms with van der Waals surface area (Å²) < 4.78 is 0. The van der Waals surface area contributed by atoms with Crippen molar-refractivity contribution >= 4 is 53.3 Å². The molecule has 1 unspecified atom stereocenters. The minimum Gasteiger partial charge on any atom is -0.343 e. The number of halogens is 2. The highest BCUT2D eigenvalue weighted by Gasteiger charge is 2.32. The van der Waals surface area contributed by atoms with E-state index >= 15 is 0 Å². The Labute approximate surface area is 158 Å². The summed E-state index contributed by atoms with van der Waals surface area (Å²) in [4.78, 5) is 26.4. The van der Waals surface area contributed by atoms with Crippen LogP contribution < -0.4 is 16.0 Å². The molecule has 3 N–H and O–H groups in total. The maximum atomic E-state index is 12.7. The Morgan fingerprint density at radius 3 is 2.88 bits per heavy atom.